The summed E-state index contributed by atoms with van der Waals surface area (Å²) in [6.45, 7) is 10.4. The molecule has 7 nitrogen and oxygen atoms in total. The van der Waals surface area contributed by atoms with Gasteiger partial charge in [-0.2, -0.15) is 0 Å². The van der Waals surface area contributed by atoms with Gasteiger partial charge >= 0.3 is 6.03 Å². The first kappa shape index (κ1) is 22.2. The van der Waals surface area contributed by atoms with Crippen LogP contribution in [0.3, 0.4) is 0 Å². The Labute approximate surface area is 179 Å². The third kappa shape index (κ3) is 4.31. The van der Waals surface area contributed by atoms with Gasteiger partial charge in [-0.1, -0.05) is 12.1 Å². The van der Waals surface area contributed by atoms with Crippen molar-refractivity contribution in [1.29, 1.82) is 0 Å². The van der Waals surface area contributed by atoms with E-state index >= 15 is 0 Å². The first-order valence-electron chi connectivity index (χ1n) is 11.0. The maximum absolute atomic E-state index is 13.4. The fourth-order valence-corrected chi connectivity index (χ4v) is 4.42. The molecule has 164 valence electrons. The molecule has 0 fully saturated rings. The summed E-state index contributed by atoms with van der Waals surface area (Å²) in [6.07, 6.45) is 2.05. The normalized spacial score (nSPS) is 20.0. The molecule has 2 aliphatic heterocycles. The smallest absolute Gasteiger partial charge is 0.322 e. The Morgan fingerprint density at radius 1 is 1.27 bits per heavy atom. The average Bonchev–Trinajstić information content (AvgIpc) is 3.11. The van der Waals surface area contributed by atoms with E-state index in [1.54, 1.807) is 24.0 Å². The number of hydrogen-bond donors (Lipinski definition) is 2. The van der Waals surface area contributed by atoms with Crippen molar-refractivity contribution >= 4 is 11.9 Å². The Balaban J connectivity index is 1.78. The fourth-order valence-electron chi connectivity index (χ4n) is 4.42. The van der Waals surface area contributed by atoms with Gasteiger partial charge in [-0.05, 0) is 51.3 Å². The number of hydrogen-bond acceptors (Lipinski definition) is 3. The average molecular weight is 416 g/mol. The van der Waals surface area contributed by atoms with Crippen LogP contribution < -0.4 is 15.0 Å². The molecule has 0 unspecified atom stereocenters. The number of urea groups is 1. The van der Waals surface area contributed by atoms with E-state index in [0.29, 0.717) is 17.9 Å². The second-order valence-corrected chi connectivity index (χ2v) is 8.21. The molecule has 0 aliphatic carbocycles. The highest BCUT2D eigenvalue weighted by atomic mass is 16.5. The van der Waals surface area contributed by atoms with Crippen LogP contribution in [0, 0.1) is 0 Å². The molecule has 2 heterocycles. The molecule has 1 aromatic carbocycles. The number of nitrogens with one attached hydrogen (secondary N) is 2. The van der Waals surface area contributed by atoms with Crippen molar-refractivity contribution < 1.29 is 19.2 Å². The van der Waals surface area contributed by atoms with Crippen molar-refractivity contribution in [3.05, 3.63) is 41.1 Å². The standard InChI is InChI=1S/C23H34N4O3/c1-6-26(7-2)13-9-10-16(3)27-15-19-20(22(27)28)21(24-23(29)25(19)4)17-11-8-12-18(14-17)30-5/h8,11-12,14,16,21H,6-7,9-10,13,15H2,1-5H3,(H,24,29)/p+1/t16-,21-/m1/s1. The maximum atomic E-state index is 13.4. The molecule has 3 amide bonds. The lowest BCUT2D eigenvalue weighted by molar-refractivity contribution is -0.896. The fraction of sp³-hybridized carbons (Fsp3) is 0.565. The van der Waals surface area contributed by atoms with E-state index in [0.717, 1.165) is 43.7 Å². The highest BCUT2D eigenvalue weighted by Crippen LogP contribution is 2.37. The van der Waals surface area contributed by atoms with Crippen LogP contribution in [0.2, 0.25) is 0 Å². The van der Waals surface area contributed by atoms with Gasteiger partial charge in [0.25, 0.3) is 5.91 Å². The van der Waals surface area contributed by atoms with E-state index in [1.165, 1.54) is 0 Å². The van der Waals surface area contributed by atoms with Crippen LogP contribution in [-0.2, 0) is 4.79 Å². The largest absolute Gasteiger partial charge is 0.497 e. The minimum absolute atomic E-state index is 0.0207. The molecule has 2 N–H and O–H groups in total. The van der Waals surface area contributed by atoms with E-state index in [1.807, 2.05) is 29.2 Å². The van der Waals surface area contributed by atoms with Gasteiger partial charge in [0.15, 0.2) is 0 Å². The first-order chi connectivity index (χ1) is 14.4. The number of carbonyl (C=O) groups is 2. The summed E-state index contributed by atoms with van der Waals surface area (Å²) in [5, 5.41) is 2.99. The molecule has 2 aliphatic rings. The van der Waals surface area contributed by atoms with E-state index in [4.69, 9.17) is 4.74 Å². The summed E-state index contributed by atoms with van der Waals surface area (Å²) >= 11 is 0. The van der Waals surface area contributed by atoms with E-state index in [2.05, 4.69) is 26.1 Å². The van der Waals surface area contributed by atoms with E-state index < -0.39 is 6.04 Å². The van der Waals surface area contributed by atoms with Crippen LogP contribution in [-0.4, -0.2) is 68.1 Å². The number of methoxy groups -OCH3 is 1. The van der Waals surface area contributed by atoms with Crippen LogP contribution in [0.15, 0.2) is 35.5 Å². The molecule has 0 bridgehead atoms. The molecule has 1 aromatic rings. The Bertz CT molecular complexity index is 818. The predicted molar refractivity (Wildman–Crippen MR) is 116 cm³/mol. The topological polar surface area (TPSA) is 66.3 Å². The van der Waals surface area contributed by atoms with Gasteiger partial charge < -0.3 is 19.9 Å². The van der Waals surface area contributed by atoms with Crippen molar-refractivity contribution in [2.24, 2.45) is 0 Å². The number of amides is 3. The quantitative estimate of drug-likeness (QED) is 0.644. The number of nitrogens with zero attached hydrogens (tertiary/aromatic N) is 2. The van der Waals surface area contributed by atoms with Gasteiger partial charge in [-0.3, -0.25) is 9.69 Å². The van der Waals surface area contributed by atoms with Crippen LogP contribution in [0.1, 0.15) is 45.2 Å². The summed E-state index contributed by atoms with van der Waals surface area (Å²) < 4.78 is 5.34. The Morgan fingerprint density at radius 3 is 2.67 bits per heavy atom. The first-order valence-corrected chi connectivity index (χ1v) is 11.0. The second kappa shape index (κ2) is 9.51. The summed E-state index contributed by atoms with van der Waals surface area (Å²) in [5.41, 5.74) is 2.33. The summed E-state index contributed by atoms with van der Waals surface area (Å²) in [6, 6.07) is 7.04. The van der Waals surface area contributed by atoms with Crippen LogP contribution in [0.25, 0.3) is 0 Å². The molecule has 0 saturated heterocycles. The number of benzene rings is 1. The van der Waals surface area contributed by atoms with Crippen molar-refractivity contribution in [3.63, 3.8) is 0 Å². The third-order valence-electron chi connectivity index (χ3n) is 6.50. The Kier molecular flexibility index (Phi) is 7.02. The van der Waals surface area contributed by atoms with Crippen molar-refractivity contribution in [2.45, 2.75) is 45.7 Å². The highest BCUT2D eigenvalue weighted by Gasteiger charge is 2.44. The molecular weight excluding hydrogens is 380 g/mol. The molecular formula is C23H35N4O3+. The van der Waals surface area contributed by atoms with E-state index in [-0.39, 0.29) is 18.0 Å². The highest BCUT2D eigenvalue weighted by molar-refractivity contribution is 6.01. The Morgan fingerprint density at radius 2 is 2.00 bits per heavy atom. The molecule has 7 heteroatoms. The van der Waals surface area contributed by atoms with Crippen molar-refractivity contribution in [1.82, 2.24) is 15.1 Å². The van der Waals surface area contributed by atoms with Gasteiger partial charge in [-0.25, -0.2) is 4.79 Å². The van der Waals surface area contributed by atoms with Crippen LogP contribution in [0.4, 0.5) is 4.79 Å². The van der Waals surface area contributed by atoms with Crippen molar-refractivity contribution in [2.75, 3.05) is 40.3 Å². The van der Waals surface area contributed by atoms with Crippen LogP contribution in [0.5, 0.6) is 5.75 Å². The number of rotatable bonds is 9. The summed E-state index contributed by atoms with van der Waals surface area (Å²) in [7, 11) is 3.35. The molecule has 0 radical (unpaired) electrons. The van der Waals surface area contributed by atoms with Gasteiger partial charge in [0.05, 0.1) is 50.6 Å². The number of quaternary nitrogens is 1. The lowest BCUT2D eigenvalue weighted by atomic mass is 9.95. The maximum Gasteiger partial charge on any atom is 0.322 e. The lowest BCUT2D eigenvalue weighted by Crippen LogP contribution is -3.11. The zero-order valence-corrected chi connectivity index (χ0v) is 18.8. The number of carbonyl (C=O) groups excluding carboxylic acids is 2. The van der Waals surface area contributed by atoms with Gasteiger partial charge in [0.2, 0.25) is 0 Å². The molecule has 30 heavy (non-hydrogen) atoms. The monoisotopic (exact) mass is 415 g/mol. The summed E-state index contributed by atoms with van der Waals surface area (Å²) in [4.78, 5) is 31.1. The number of likely N-dealkylation sites (N-methyl/N-ethyl adjacent to an activating group) is 1. The van der Waals surface area contributed by atoms with Gasteiger partial charge in [0.1, 0.15) is 5.75 Å². The molecule has 0 spiro atoms. The summed E-state index contributed by atoms with van der Waals surface area (Å²) in [5.74, 6) is 0.727. The predicted octanol–water partition coefficient (Wildman–Crippen LogP) is 1.58. The molecule has 0 saturated carbocycles. The second-order valence-electron chi connectivity index (χ2n) is 8.21. The number of ether oxygens (including phenoxy) is 1. The zero-order valence-electron chi connectivity index (χ0n) is 18.8. The lowest BCUT2D eigenvalue weighted by Gasteiger charge is -2.31. The van der Waals surface area contributed by atoms with Gasteiger partial charge in [0, 0.05) is 13.1 Å². The van der Waals surface area contributed by atoms with E-state index in [9.17, 15) is 9.59 Å². The van der Waals surface area contributed by atoms with Crippen LogP contribution >= 0.6 is 0 Å². The molecule has 3 rings (SSSR count). The Hall–Kier alpha value is -2.54. The molecule has 0 aromatic heterocycles. The minimum atomic E-state index is -0.455. The molecule has 2 atom stereocenters. The van der Waals surface area contributed by atoms with Crippen molar-refractivity contribution in [3.8, 4) is 5.75 Å². The zero-order chi connectivity index (χ0) is 21.8. The SMILES string of the molecule is CC[NH+](CC)CCC[C@@H](C)N1CC2=C(C1=O)[C@@H](c1cccc(OC)c1)NC(=O)N2C. The third-order valence-corrected chi connectivity index (χ3v) is 6.50. The van der Waals surface area contributed by atoms with Gasteiger partial charge in [-0.15, -0.1) is 0 Å². The minimum Gasteiger partial charge on any atom is -0.497 e.